The van der Waals surface area contributed by atoms with E-state index in [0.717, 1.165) is 10.9 Å². The van der Waals surface area contributed by atoms with E-state index in [2.05, 4.69) is 10.6 Å². The summed E-state index contributed by atoms with van der Waals surface area (Å²) in [5.41, 5.74) is 1.38. The molecule has 1 aromatic heterocycles. The van der Waals surface area contributed by atoms with E-state index in [9.17, 15) is 14.4 Å². The first-order chi connectivity index (χ1) is 12.0. The van der Waals surface area contributed by atoms with Crippen LogP contribution < -0.4 is 10.6 Å². The molecule has 8 nitrogen and oxygen atoms in total. The molecule has 2 atom stereocenters. The topological polar surface area (TPSA) is 110 Å². The molecule has 2 aromatic rings. The highest BCUT2D eigenvalue weighted by Crippen LogP contribution is 2.24. The Morgan fingerprint density at radius 1 is 1.24 bits per heavy atom. The smallest absolute Gasteiger partial charge is 0.332 e. The Kier molecular flexibility index (Phi) is 4.71. The molecule has 1 aliphatic rings. The van der Waals surface area contributed by atoms with Gasteiger partial charge in [0.05, 0.1) is 5.52 Å². The maximum atomic E-state index is 12.3. The first-order valence-corrected chi connectivity index (χ1v) is 7.96. The molecular formula is C17H19N3O5. The number of hydrogen-bond acceptors (Lipinski definition) is 4. The summed E-state index contributed by atoms with van der Waals surface area (Å²) in [6.07, 6.45) is 0.806. The third-order valence-corrected chi connectivity index (χ3v) is 4.22. The number of likely N-dealkylation sites (N-methyl/N-ethyl adjacent to an activating group) is 1. The molecule has 25 heavy (non-hydrogen) atoms. The number of amides is 2. The van der Waals surface area contributed by atoms with E-state index in [1.165, 1.54) is 0 Å². The third-order valence-electron chi connectivity index (χ3n) is 4.22. The lowest BCUT2D eigenvalue weighted by molar-refractivity contribution is -0.150. The molecule has 1 aromatic carbocycles. The van der Waals surface area contributed by atoms with Gasteiger partial charge in [0.15, 0.2) is 6.10 Å². The number of ether oxygens (including phenoxy) is 1. The SMILES string of the molecule is CNC(=O)Cn1ccc2ccc(NC(=O)[C@@H]3CC[C@H](C(=O)O)O3)cc21. The second-order valence-corrected chi connectivity index (χ2v) is 5.91. The monoisotopic (exact) mass is 345 g/mol. The van der Waals surface area contributed by atoms with Crippen molar-refractivity contribution in [2.24, 2.45) is 0 Å². The van der Waals surface area contributed by atoms with Gasteiger partial charge in [-0.1, -0.05) is 6.07 Å². The van der Waals surface area contributed by atoms with Gasteiger partial charge in [-0.3, -0.25) is 9.59 Å². The van der Waals surface area contributed by atoms with Crippen molar-refractivity contribution in [2.75, 3.05) is 12.4 Å². The number of fused-ring (bicyclic) bond motifs is 1. The van der Waals surface area contributed by atoms with Crippen LogP contribution in [-0.4, -0.2) is 46.7 Å². The Bertz CT molecular complexity index is 829. The number of carbonyl (C=O) groups is 3. The van der Waals surface area contributed by atoms with Crippen molar-refractivity contribution in [2.45, 2.75) is 31.6 Å². The summed E-state index contributed by atoms with van der Waals surface area (Å²) in [5, 5.41) is 15.2. The molecule has 0 aliphatic carbocycles. The lowest BCUT2D eigenvalue weighted by Crippen LogP contribution is -2.29. The molecule has 1 aliphatic heterocycles. The summed E-state index contributed by atoms with van der Waals surface area (Å²) in [5.74, 6) is -1.54. The van der Waals surface area contributed by atoms with E-state index in [1.54, 1.807) is 23.7 Å². The van der Waals surface area contributed by atoms with Gasteiger partial charge in [-0.15, -0.1) is 0 Å². The number of rotatable bonds is 5. The standard InChI is InChI=1S/C17H19N3O5/c1-18-15(21)9-20-7-6-10-2-3-11(8-12(10)20)19-16(22)13-4-5-14(25-13)17(23)24/h2-3,6-8,13-14H,4-5,9H2,1H3,(H,18,21)(H,19,22)(H,23,24)/t13-,14+/m0/s1. The van der Waals surface area contributed by atoms with Crippen molar-refractivity contribution in [3.8, 4) is 0 Å². The van der Waals surface area contributed by atoms with Crippen molar-refractivity contribution >= 4 is 34.4 Å². The average molecular weight is 345 g/mol. The molecule has 0 spiro atoms. The number of carboxylic acid groups (broad SMARTS) is 1. The van der Waals surface area contributed by atoms with Gasteiger partial charge in [0, 0.05) is 18.9 Å². The molecule has 0 saturated carbocycles. The number of carbonyl (C=O) groups excluding carboxylic acids is 2. The molecule has 0 radical (unpaired) electrons. The summed E-state index contributed by atoms with van der Waals surface area (Å²) in [7, 11) is 1.58. The van der Waals surface area contributed by atoms with Crippen LogP contribution in [0.1, 0.15) is 12.8 Å². The molecule has 132 valence electrons. The number of anilines is 1. The van der Waals surface area contributed by atoms with Crippen LogP contribution in [0.2, 0.25) is 0 Å². The van der Waals surface area contributed by atoms with Crippen molar-refractivity contribution in [1.29, 1.82) is 0 Å². The summed E-state index contributed by atoms with van der Waals surface area (Å²) in [6, 6.07) is 7.27. The Morgan fingerprint density at radius 2 is 2.00 bits per heavy atom. The van der Waals surface area contributed by atoms with Crippen LogP contribution in [0.15, 0.2) is 30.5 Å². The van der Waals surface area contributed by atoms with Gasteiger partial charge in [0.1, 0.15) is 12.6 Å². The minimum atomic E-state index is -1.05. The van der Waals surface area contributed by atoms with Gasteiger partial charge < -0.3 is 25.0 Å². The Hall–Kier alpha value is -2.87. The highest BCUT2D eigenvalue weighted by atomic mass is 16.5. The highest BCUT2D eigenvalue weighted by molar-refractivity contribution is 5.97. The van der Waals surface area contributed by atoms with Crippen molar-refractivity contribution in [1.82, 2.24) is 9.88 Å². The number of carboxylic acids is 1. The van der Waals surface area contributed by atoms with E-state index in [4.69, 9.17) is 9.84 Å². The second kappa shape index (κ2) is 6.94. The van der Waals surface area contributed by atoms with Crippen LogP contribution in [-0.2, 0) is 25.7 Å². The lowest BCUT2D eigenvalue weighted by Gasteiger charge is -2.12. The average Bonchev–Trinajstić information content (AvgIpc) is 3.22. The number of nitrogens with zero attached hydrogens (tertiary/aromatic N) is 1. The minimum absolute atomic E-state index is 0.119. The maximum Gasteiger partial charge on any atom is 0.332 e. The van der Waals surface area contributed by atoms with Crippen LogP contribution >= 0.6 is 0 Å². The van der Waals surface area contributed by atoms with E-state index in [0.29, 0.717) is 18.5 Å². The van der Waals surface area contributed by atoms with E-state index in [-0.39, 0.29) is 18.4 Å². The van der Waals surface area contributed by atoms with Gasteiger partial charge in [0.25, 0.3) is 5.91 Å². The number of aromatic nitrogens is 1. The Balaban J connectivity index is 1.73. The fourth-order valence-corrected chi connectivity index (χ4v) is 2.87. The zero-order valence-electron chi connectivity index (χ0n) is 13.7. The molecule has 3 rings (SSSR count). The van der Waals surface area contributed by atoms with Gasteiger partial charge in [-0.25, -0.2) is 4.79 Å². The van der Waals surface area contributed by atoms with Gasteiger partial charge in [-0.2, -0.15) is 0 Å². The summed E-state index contributed by atoms with van der Waals surface area (Å²) in [6.45, 7) is 0.184. The first kappa shape index (κ1) is 17.0. The fraction of sp³-hybridized carbons (Fsp3) is 0.353. The predicted octanol–water partition coefficient (Wildman–Crippen LogP) is 0.958. The quantitative estimate of drug-likeness (QED) is 0.748. The summed E-state index contributed by atoms with van der Waals surface area (Å²) >= 11 is 0. The normalized spacial score (nSPS) is 19.7. The van der Waals surface area contributed by atoms with Crippen molar-refractivity contribution in [3.05, 3.63) is 30.5 Å². The van der Waals surface area contributed by atoms with Gasteiger partial charge >= 0.3 is 5.97 Å². The van der Waals surface area contributed by atoms with Crippen LogP contribution in [0.3, 0.4) is 0 Å². The summed E-state index contributed by atoms with van der Waals surface area (Å²) in [4.78, 5) is 34.7. The fourth-order valence-electron chi connectivity index (χ4n) is 2.87. The molecule has 0 unspecified atom stereocenters. The Morgan fingerprint density at radius 3 is 2.68 bits per heavy atom. The molecule has 0 bridgehead atoms. The highest BCUT2D eigenvalue weighted by Gasteiger charge is 2.34. The first-order valence-electron chi connectivity index (χ1n) is 7.96. The minimum Gasteiger partial charge on any atom is -0.479 e. The lowest BCUT2D eigenvalue weighted by atomic mass is 10.2. The molecule has 1 saturated heterocycles. The van der Waals surface area contributed by atoms with E-state index in [1.807, 2.05) is 18.3 Å². The molecular weight excluding hydrogens is 326 g/mol. The van der Waals surface area contributed by atoms with Crippen LogP contribution in [0, 0.1) is 0 Å². The zero-order valence-corrected chi connectivity index (χ0v) is 13.7. The van der Waals surface area contributed by atoms with Crippen molar-refractivity contribution < 1.29 is 24.2 Å². The third kappa shape index (κ3) is 3.63. The van der Waals surface area contributed by atoms with Crippen LogP contribution in [0.25, 0.3) is 10.9 Å². The number of aliphatic carboxylic acids is 1. The molecule has 2 amide bonds. The summed E-state index contributed by atoms with van der Waals surface area (Å²) < 4.78 is 7.04. The molecule has 8 heteroatoms. The van der Waals surface area contributed by atoms with Crippen LogP contribution in [0.5, 0.6) is 0 Å². The van der Waals surface area contributed by atoms with E-state index < -0.39 is 18.2 Å². The second-order valence-electron chi connectivity index (χ2n) is 5.91. The van der Waals surface area contributed by atoms with E-state index >= 15 is 0 Å². The maximum absolute atomic E-state index is 12.3. The van der Waals surface area contributed by atoms with Crippen LogP contribution in [0.4, 0.5) is 5.69 Å². The number of benzene rings is 1. The van der Waals surface area contributed by atoms with Crippen molar-refractivity contribution in [3.63, 3.8) is 0 Å². The molecule has 1 fully saturated rings. The zero-order chi connectivity index (χ0) is 18.0. The largest absolute Gasteiger partial charge is 0.479 e. The predicted molar refractivity (Wildman–Crippen MR) is 90.2 cm³/mol. The number of hydrogen-bond donors (Lipinski definition) is 3. The van der Waals surface area contributed by atoms with Gasteiger partial charge in [-0.05, 0) is 36.4 Å². The molecule has 2 heterocycles. The Labute approximate surface area is 143 Å². The van der Waals surface area contributed by atoms with Gasteiger partial charge in [0.2, 0.25) is 5.91 Å². The molecule has 3 N–H and O–H groups in total. The number of nitrogens with one attached hydrogen (secondary N) is 2.